The van der Waals surface area contributed by atoms with Crippen LogP contribution in [0.4, 0.5) is 0 Å². The highest BCUT2D eigenvalue weighted by atomic mass is 16.5. The molecule has 2 aromatic heterocycles. The van der Waals surface area contributed by atoms with E-state index >= 15 is 0 Å². The van der Waals surface area contributed by atoms with Gasteiger partial charge in [0.25, 0.3) is 0 Å². The average Bonchev–Trinajstić information content (AvgIpc) is 2.91. The number of aromatic nitrogens is 4. The number of hydrogen-bond donors (Lipinski definition) is 1. The Morgan fingerprint density at radius 3 is 2.68 bits per heavy atom. The predicted octanol–water partition coefficient (Wildman–Crippen LogP) is 1.82. The zero-order valence-corrected chi connectivity index (χ0v) is 11.2. The minimum absolute atomic E-state index is 0.228. The normalized spacial score (nSPS) is 23.5. The first kappa shape index (κ1) is 12.2. The molecular formula is C13H17N5O. The Morgan fingerprint density at radius 1 is 1.21 bits per heavy atom. The van der Waals surface area contributed by atoms with Crippen molar-refractivity contribution in [3.63, 3.8) is 0 Å². The molecule has 1 N–H and O–H groups in total. The van der Waals surface area contributed by atoms with Crippen LogP contribution in [0.15, 0.2) is 16.9 Å². The lowest BCUT2D eigenvalue weighted by Gasteiger charge is -2.31. The Morgan fingerprint density at radius 2 is 2.00 bits per heavy atom. The number of rotatable bonds is 2. The van der Waals surface area contributed by atoms with E-state index in [9.17, 15) is 0 Å². The van der Waals surface area contributed by atoms with Gasteiger partial charge in [-0.2, -0.15) is 4.98 Å². The SMILES string of the molecule is Cc1cnc(-c2noc(C3(C)CCCCN3)n2)nc1. The van der Waals surface area contributed by atoms with Crippen molar-refractivity contribution in [2.75, 3.05) is 6.54 Å². The first-order valence-electron chi connectivity index (χ1n) is 6.56. The van der Waals surface area contributed by atoms with Crippen LogP contribution in [0.3, 0.4) is 0 Å². The fourth-order valence-electron chi connectivity index (χ4n) is 2.29. The number of piperidine rings is 1. The third kappa shape index (κ3) is 2.35. The maximum absolute atomic E-state index is 5.39. The molecule has 100 valence electrons. The van der Waals surface area contributed by atoms with E-state index in [0.29, 0.717) is 17.5 Å². The third-order valence-electron chi connectivity index (χ3n) is 3.50. The van der Waals surface area contributed by atoms with Gasteiger partial charge in [-0.1, -0.05) is 5.16 Å². The zero-order chi connectivity index (χ0) is 13.3. The first-order valence-corrected chi connectivity index (χ1v) is 6.56. The minimum Gasteiger partial charge on any atom is -0.337 e. The Labute approximate surface area is 111 Å². The van der Waals surface area contributed by atoms with Crippen molar-refractivity contribution in [3.8, 4) is 11.6 Å². The van der Waals surface area contributed by atoms with E-state index in [1.54, 1.807) is 12.4 Å². The van der Waals surface area contributed by atoms with Crippen LogP contribution >= 0.6 is 0 Å². The first-order chi connectivity index (χ1) is 9.17. The molecule has 2 aromatic rings. The molecule has 0 spiro atoms. The molecule has 0 saturated carbocycles. The lowest BCUT2D eigenvalue weighted by atomic mass is 9.91. The van der Waals surface area contributed by atoms with Crippen molar-refractivity contribution >= 4 is 0 Å². The van der Waals surface area contributed by atoms with Crippen LogP contribution in [0.2, 0.25) is 0 Å². The Hall–Kier alpha value is -1.82. The summed E-state index contributed by atoms with van der Waals surface area (Å²) in [6.07, 6.45) is 6.86. The molecule has 1 atom stereocenters. The molecule has 19 heavy (non-hydrogen) atoms. The molecule has 1 fully saturated rings. The van der Waals surface area contributed by atoms with E-state index in [1.807, 2.05) is 6.92 Å². The molecule has 1 aliphatic rings. The van der Waals surface area contributed by atoms with Gasteiger partial charge in [0.15, 0.2) is 0 Å². The molecule has 0 aliphatic carbocycles. The molecule has 0 radical (unpaired) electrons. The van der Waals surface area contributed by atoms with E-state index in [0.717, 1.165) is 18.5 Å². The van der Waals surface area contributed by atoms with Gasteiger partial charge in [-0.3, -0.25) is 0 Å². The van der Waals surface area contributed by atoms with Crippen LogP contribution in [-0.2, 0) is 5.54 Å². The summed E-state index contributed by atoms with van der Waals surface area (Å²) in [5, 5.41) is 7.43. The molecular weight excluding hydrogens is 242 g/mol. The van der Waals surface area contributed by atoms with Crippen molar-refractivity contribution in [2.45, 2.75) is 38.6 Å². The second-order valence-corrected chi connectivity index (χ2v) is 5.22. The fourth-order valence-corrected chi connectivity index (χ4v) is 2.29. The highest BCUT2D eigenvalue weighted by Gasteiger charge is 2.34. The molecule has 0 aromatic carbocycles. The van der Waals surface area contributed by atoms with Crippen molar-refractivity contribution in [1.29, 1.82) is 0 Å². The summed E-state index contributed by atoms with van der Waals surface area (Å²) in [5.41, 5.74) is 0.780. The quantitative estimate of drug-likeness (QED) is 0.886. The van der Waals surface area contributed by atoms with Gasteiger partial charge >= 0.3 is 0 Å². The van der Waals surface area contributed by atoms with Crippen molar-refractivity contribution in [3.05, 3.63) is 23.8 Å². The van der Waals surface area contributed by atoms with Crippen LogP contribution in [0.1, 0.15) is 37.6 Å². The summed E-state index contributed by atoms with van der Waals surface area (Å²) < 4.78 is 5.39. The molecule has 1 aliphatic heterocycles. The number of nitrogens with zero attached hydrogens (tertiary/aromatic N) is 4. The molecule has 1 saturated heterocycles. The van der Waals surface area contributed by atoms with Crippen LogP contribution < -0.4 is 5.32 Å². The van der Waals surface area contributed by atoms with Crippen LogP contribution in [0.5, 0.6) is 0 Å². The lowest BCUT2D eigenvalue weighted by Crippen LogP contribution is -2.43. The maximum atomic E-state index is 5.39. The van der Waals surface area contributed by atoms with Crippen molar-refractivity contribution < 1.29 is 4.52 Å². The largest absolute Gasteiger partial charge is 0.337 e. The molecule has 0 amide bonds. The van der Waals surface area contributed by atoms with Crippen molar-refractivity contribution in [2.24, 2.45) is 0 Å². The van der Waals surface area contributed by atoms with Crippen molar-refractivity contribution in [1.82, 2.24) is 25.4 Å². The standard InChI is InChI=1S/C13H17N5O/c1-9-7-14-10(15-8-9)11-17-12(19-18-11)13(2)5-3-4-6-16-13/h7-8,16H,3-6H2,1-2H3. The Balaban J connectivity index is 1.88. The maximum Gasteiger partial charge on any atom is 0.247 e. The van der Waals surface area contributed by atoms with E-state index in [1.165, 1.54) is 12.8 Å². The smallest absolute Gasteiger partial charge is 0.247 e. The van der Waals surface area contributed by atoms with Gasteiger partial charge in [0.1, 0.15) is 0 Å². The van der Waals surface area contributed by atoms with Gasteiger partial charge in [0.05, 0.1) is 5.54 Å². The highest BCUT2D eigenvalue weighted by Crippen LogP contribution is 2.29. The minimum atomic E-state index is -0.228. The fraction of sp³-hybridized carbons (Fsp3) is 0.538. The van der Waals surface area contributed by atoms with E-state index < -0.39 is 0 Å². The zero-order valence-electron chi connectivity index (χ0n) is 11.2. The Kier molecular flexibility index (Phi) is 3.02. The molecule has 3 heterocycles. The van der Waals surface area contributed by atoms with Gasteiger partial charge in [-0.05, 0) is 45.2 Å². The monoisotopic (exact) mass is 259 g/mol. The highest BCUT2D eigenvalue weighted by molar-refractivity contribution is 5.41. The van der Waals surface area contributed by atoms with E-state index in [-0.39, 0.29) is 5.54 Å². The Bertz CT molecular complexity index is 557. The number of hydrogen-bond acceptors (Lipinski definition) is 6. The van der Waals surface area contributed by atoms with E-state index in [2.05, 4.69) is 32.3 Å². The third-order valence-corrected chi connectivity index (χ3v) is 3.50. The lowest BCUT2D eigenvalue weighted by molar-refractivity contribution is 0.207. The van der Waals surface area contributed by atoms with E-state index in [4.69, 9.17) is 4.52 Å². The summed E-state index contributed by atoms with van der Waals surface area (Å²) in [5.74, 6) is 1.56. The van der Waals surface area contributed by atoms with Crippen LogP contribution in [0.25, 0.3) is 11.6 Å². The van der Waals surface area contributed by atoms with Gasteiger partial charge in [0, 0.05) is 12.4 Å². The van der Waals surface area contributed by atoms with Gasteiger partial charge < -0.3 is 9.84 Å². The molecule has 0 bridgehead atoms. The predicted molar refractivity (Wildman–Crippen MR) is 69.3 cm³/mol. The summed E-state index contributed by atoms with van der Waals surface area (Å²) in [6, 6.07) is 0. The second kappa shape index (κ2) is 4.70. The van der Waals surface area contributed by atoms with Gasteiger partial charge in [-0.15, -0.1) is 0 Å². The summed E-state index contributed by atoms with van der Waals surface area (Å²) in [7, 11) is 0. The van der Waals surface area contributed by atoms with Gasteiger partial charge in [0.2, 0.25) is 17.5 Å². The summed E-state index contributed by atoms with van der Waals surface area (Å²) >= 11 is 0. The topological polar surface area (TPSA) is 76.7 Å². The van der Waals surface area contributed by atoms with Gasteiger partial charge in [-0.25, -0.2) is 9.97 Å². The van der Waals surface area contributed by atoms with Crippen LogP contribution in [-0.4, -0.2) is 26.7 Å². The summed E-state index contributed by atoms with van der Waals surface area (Å²) in [4.78, 5) is 12.9. The number of nitrogens with one attached hydrogen (secondary N) is 1. The molecule has 1 unspecified atom stereocenters. The summed E-state index contributed by atoms with van der Waals surface area (Å²) in [6.45, 7) is 5.02. The molecule has 6 heteroatoms. The molecule has 3 rings (SSSR count). The number of aryl methyl sites for hydroxylation is 1. The van der Waals surface area contributed by atoms with Crippen LogP contribution in [0, 0.1) is 6.92 Å². The average molecular weight is 259 g/mol. The second-order valence-electron chi connectivity index (χ2n) is 5.22. The molecule has 6 nitrogen and oxygen atoms in total.